The van der Waals surface area contributed by atoms with Gasteiger partial charge in [-0.3, -0.25) is 4.79 Å². The first kappa shape index (κ1) is 16.6. The van der Waals surface area contributed by atoms with Crippen LogP contribution in [0.1, 0.15) is 17.7 Å². The number of methoxy groups -OCH3 is 2. The summed E-state index contributed by atoms with van der Waals surface area (Å²) in [5, 5.41) is 10.1. The third kappa shape index (κ3) is 3.31. The largest absolute Gasteiger partial charge is 0.493 e. The lowest BCUT2D eigenvalue weighted by atomic mass is 10.1. The van der Waals surface area contributed by atoms with Crippen molar-refractivity contribution in [3.05, 3.63) is 23.1 Å². The van der Waals surface area contributed by atoms with E-state index >= 15 is 0 Å². The average molecular weight is 348 g/mol. The Balaban J connectivity index is 2.02. The average Bonchev–Trinajstić information content (AvgIpc) is 3.23. The zero-order chi connectivity index (χ0) is 17.1. The van der Waals surface area contributed by atoms with Gasteiger partial charge in [-0.1, -0.05) is 0 Å². The van der Waals surface area contributed by atoms with Gasteiger partial charge in [0.05, 0.1) is 26.3 Å². The fourth-order valence-electron chi connectivity index (χ4n) is 2.85. The molecule has 1 aromatic heterocycles. The Morgan fingerprint density at radius 1 is 1.25 bits per heavy atom. The Kier molecular flexibility index (Phi) is 4.89. The predicted octanol–water partition coefficient (Wildman–Crippen LogP) is 3.05. The Labute approximate surface area is 144 Å². The maximum absolute atomic E-state index is 11.2. The summed E-state index contributed by atoms with van der Waals surface area (Å²) < 4.78 is 10.6. The predicted molar refractivity (Wildman–Crippen MR) is 93.4 cm³/mol. The summed E-state index contributed by atoms with van der Waals surface area (Å²) >= 11 is 1.47. The lowest BCUT2D eigenvalue weighted by molar-refractivity contribution is -0.136. The number of carboxylic acids is 1. The molecule has 1 saturated heterocycles. The highest BCUT2D eigenvalue weighted by atomic mass is 32.1. The van der Waals surface area contributed by atoms with Crippen molar-refractivity contribution in [2.45, 2.75) is 19.3 Å². The van der Waals surface area contributed by atoms with Crippen molar-refractivity contribution in [3.8, 4) is 22.8 Å². The van der Waals surface area contributed by atoms with Gasteiger partial charge in [0.1, 0.15) is 0 Å². The molecule has 0 atom stereocenters. The highest BCUT2D eigenvalue weighted by Crippen LogP contribution is 2.38. The molecule has 0 aliphatic carbocycles. The molecule has 2 aromatic rings. The summed E-state index contributed by atoms with van der Waals surface area (Å²) in [4.78, 5) is 18.9. The number of anilines is 1. The van der Waals surface area contributed by atoms with Gasteiger partial charge in [0.2, 0.25) is 0 Å². The zero-order valence-corrected chi connectivity index (χ0v) is 14.6. The van der Waals surface area contributed by atoms with Crippen molar-refractivity contribution in [1.29, 1.82) is 0 Å². The van der Waals surface area contributed by atoms with Crippen molar-refractivity contribution >= 4 is 22.4 Å². The van der Waals surface area contributed by atoms with E-state index in [0.717, 1.165) is 41.5 Å². The van der Waals surface area contributed by atoms with Crippen LogP contribution in [0.15, 0.2) is 18.2 Å². The summed E-state index contributed by atoms with van der Waals surface area (Å²) in [5.74, 6) is 0.386. The number of aromatic nitrogens is 1. The monoisotopic (exact) mass is 348 g/mol. The second-order valence-electron chi connectivity index (χ2n) is 5.60. The number of hydrogen-bond acceptors (Lipinski definition) is 6. The second kappa shape index (κ2) is 7.09. The number of hydrogen-bond donors (Lipinski definition) is 1. The van der Waals surface area contributed by atoms with Crippen LogP contribution < -0.4 is 14.4 Å². The third-order valence-electron chi connectivity index (χ3n) is 4.03. The summed E-state index contributed by atoms with van der Waals surface area (Å²) in [6.07, 6.45) is 2.27. The molecule has 24 heavy (non-hydrogen) atoms. The topological polar surface area (TPSA) is 71.9 Å². The van der Waals surface area contributed by atoms with Crippen LogP contribution >= 0.6 is 11.3 Å². The molecule has 0 radical (unpaired) electrons. The summed E-state index contributed by atoms with van der Waals surface area (Å²) in [5.41, 5.74) is 1.55. The number of rotatable bonds is 6. The number of carboxylic acid groups (broad SMARTS) is 1. The first-order valence-electron chi connectivity index (χ1n) is 7.81. The molecule has 6 nitrogen and oxygen atoms in total. The zero-order valence-electron chi connectivity index (χ0n) is 13.7. The second-order valence-corrected chi connectivity index (χ2v) is 6.66. The minimum Gasteiger partial charge on any atom is -0.493 e. The van der Waals surface area contributed by atoms with Crippen molar-refractivity contribution in [2.24, 2.45) is 0 Å². The number of benzene rings is 1. The van der Waals surface area contributed by atoms with E-state index in [1.807, 2.05) is 18.2 Å². The molecular formula is C17H20N2O4S. The molecule has 2 heterocycles. The van der Waals surface area contributed by atoms with Crippen LogP contribution in [-0.4, -0.2) is 43.4 Å². The summed E-state index contributed by atoms with van der Waals surface area (Å²) in [6, 6.07) is 5.54. The molecular weight excluding hydrogens is 328 g/mol. The van der Waals surface area contributed by atoms with Crippen LogP contribution in [0.3, 0.4) is 0 Å². The molecule has 1 aliphatic rings. The van der Waals surface area contributed by atoms with Gasteiger partial charge in [-0.25, -0.2) is 4.98 Å². The number of thiazole rings is 1. The molecule has 128 valence electrons. The lowest BCUT2D eigenvalue weighted by Crippen LogP contribution is -2.17. The highest BCUT2D eigenvalue weighted by molar-refractivity contribution is 7.16. The van der Waals surface area contributed by atoms with E-state index in [2.05, 4.69) is 4.90 Å². The van der Waals surface area contributed by atoms with Gasteiger partial charge in [-0.2, -0.15) is 0 Å². The number of carbonyl (C=O) groups is 1. The van der Waals surface area contributed by atoms with Crippen LogP contribution in [0.25, 0.3) is 11.3 Å². The molecule has 1 fully saturated rings. The summed E-state index contributed by atoms with van der Waals surface area (Å²) in [7, 11) is 3.16. The van der Waals surface area contributed by atoms with E-state index in [0.29, 0.717) is 17.2 Å². The fourth-order valence-corrected chi connectivity index (χ4v) is 3.97. The first-order chi connectivity index (χ1) is 11.6. The maximum atomic E-state index is 11.2. The van der Waals surface area contributed by atoms with Gasteiger partial charge < -0.3 is 19.5 Å². The number of ether oxygens (including phenoxy) is 2. The minimum absolute atomic E-state index is 0.0326. The quantitative estimate of drug-likeness (QED) is 0.865. The Morgan fingerprint density at radius 2 is 1.96 bits per heavy atom. The highest BCUT2D eigenvalue weighted by Gasteiger charge is 2.22. The Morgan fingerprint density at radius 3 is 2.58 bits per heavy atom. The first-order valence-corrected chi connectivity index (χ1v) is 8.63. The molecule has 3 rings (SSSR count). The molecule has 0 bridgehead atoms. The van der Waals surface area contributed by atoms with Gasteiger partial charge in [0, 0.05) is 23.5 Å². The van der Waals surface area contributed by atoms with E-state index in [-0.39, 0.29) is 6.42 Å². The van der Waals surface area contributed by atoms with E-state index in [1.54, 1.807) is 14.2 Å². The third-order valence-corrected chi connectivity index (χ3v) is 5.15. The van der Waals surface area contributed by atoms with Gasteiger partial charge in [-0.05, 0) is 31.0 Å². The van der Waals surface area contributed by atoms with Crippen LogP contribution in [0.5, 0.6) is 11.5 Å². The van der Waals surface area contributed by atoms with E-state index in [4.69, 9.17) is 14.5 Å². The summed E-state index contributed by atoms with van der Waals surface area (Å²) in [6.45, 7) is 1.96. The SMILES string of the molecule is COc1ccc(-c2nc(N3CCCC3)sc2CC(=O)O)cc1OC. The van der Waals surface area contributed by atoms with Crippen LogP contribution in [0.2, 0.25) is 0 Å². The standard InChI is InChI=1S/C17H20N2O4S/c1-22-12-6-5-11(9-13(12)23-2)16-14(10-15(20)21)24-17(18-16)19-7-3-4-8-19/h5-6,9H,3-4,7-8,10H2,1-2H3,(H,20,21). The smallest absolute Gasteiger partial charge is 0.308 e. The maximum Gasteiger partial charge on any atom is 0.308 e. The normalized spacial score (nSPS) is 14.0. The van der Waals surface area contributed by atoms with Crippen molar-refractivity contribution < 1.29 is 19.4 Å². The number of nitrogens with zero attached hydrogens (tertiary/aromatic N) is 2. The van der Waals surface area contributed by atoms with E-state index in [1.165, 1.54) is 11.3 Å². The van der Waals surface area contributed by atoms with Gasteiger partial charge in [0.15, 0.2) is 16.6 Å². The van der Waals surface area contributed by atoms with Crippen molar-refractivity contribution in [2.75, 3.05) is 32.2 Å². The Hall–Kier alpha value is -2.28. The minimum atomic E-state index is -0.853. The van der Waals surface area contributed by atoms with Crippen LogP contribution in [0.4, 0.5) is 5.13 Å². The number of aliphatic carboxylic acids is 1. The van der Waals surface area contributed by atoms with Crippen LogP contribution in [0, 0.1) is 0 Å². The van der Waals surface area contributed by atoms with Gasteiger partial charge in [-0.15, -0.1) is 11.3 Å². The van der Waals surface area contributed by atoms with Gasteiger partial charge >= 0.3 is 5.97 Å². The van der Waals surface area contributed by atoms with E-state index in [9.17, 15) is 9.90 Å². The lowest BCUT2D eigenvalue weighted by Gasteiger charge is -2.12. The molecule has 0 spiro atoms. The van der Waals surface area contributed by atoms with Gasteiger partial charge in [0.25, 0.3) is 0 Å². The van der Waals surface area contributed by atoms with Crippen LogP contribution in [-0.2, 0) is 11.2 Å². The van der Waals surface area contributed by atoms with Crippen molar-refractivity contribution in [3.63, 3.8) is 0 Å². The molecule has 1 aliphatic heterocycles. The fraction of sp³-hybridized carbons (Fsp3) is 0.412. The van der Waals surface area contributed by atoms with Crippen molar-refractivity contribution in [1.82, 2.24) is 4.98 Å². The molecule has 0 amide bonds. The van der Waals surface area contributed by atoms with E-state index < -0.39 is 5.97 Å². The molecule has 1 N–H and O–H groups in total. The Bertz CT molecular complexity index is 738. The molecule has 0 unspecified atom stereocenters. The molecule has 7 heteroatoms. The molecule has 1 aromatic carbocycles. The molecule has 0 saturated carbocycles.